The molecule has 0 bridgehead atoms. The molecular weight excluding hydrogens is 252 g/mol. The van der Waals surface area contributed by atoms with Gasteiger partial charge in [0.15, 0.2) is 6.61 Å². The lowest BCUT2D eigenvalue weighted by Gasteiger charge is -2.33. The summed E-state index contributed by atoms with van der Waals surface area (Å²) in [6.07, 6.45) is 5.97. The lowest BCUT2D eigenvalue weighted by atomic mass is 9.94. The number of carbonyl (C=O) groups excluding carboxylic acids is 1. The Morgan fingerprint density at radius 1 is 1.30 bits per heavy atom. The minimum atomic E-state index is 0.0580. The van der Waals surface area contributed by atoms with Gasteiger partial charge in [-0.05, 0) is 31.9 Å². The Morgan fingerprint density at radius 3 is 2.65 bits per heavy atom. The van der Waals surface area contributed by atoms with E-state index in [2.05, 4.69) is 0 Å². The average Bonchev–Trinajstić information content (AvgIpc) is 2.48. The van der Waals surface area contributed by atoms with E-state index in [4.69, 9.17) is 10.5 Å². The summed E-state index contributed by atoms with van der Waals surface area (Å²) in [6, 6.07) is 7.66. The van der Waals surface area contributed by atoms with Crippen LogP contribution in [0.4, 0.5) is 5.69 Å². The largest absolute Gasteiger partial charge is 0.482 e. The van der Waals surface area contributed by atoms with Crippen molar-refractivity contribution in [2.24, 2.45) is 0 Å². The summed E-state index contributed by atoms with van der Waals surface area (Å²) in [6.45, 7) is 2.85. The highest BCUT2D eigenvalue weighted by molar-refractivity contribution is 5.78. The van der Waals surface area contributed by atoms with Crippen molar-refractivity contribution in [1.82, 2.24) is 4.90 Å². The number of hydrogen-bond acceptors (Lipinski definition) is 3. The first-order valence-electron chi connectivity index (χ1n) is 7.49. The van der Waals surface area contributed by atoms with Crippen LogP contribution in [0.2, 0.25) is 0 Å². The van der Waals surface area contributed by atoms with Gasteiger partial charge in [-0.1, -0.05) is 31.4 Å². The number of ether oxygens (including phenoxy) is 1. The van der Waals surface area contributed by atoms with Crippen LogP contribution in [0.1, 0.15) is 39.0 Å². The minimum Gasteiger partial charge on any atom is -0.482 e. The zero-order chi connectivity index (χ0) is 14.4. The molecule has 1 aliphatic carbocycles. The van der Waals surface area contributed by atoms with E-state index in [0.29, 0.717) is 17.5 Å². The molecule has 1 amide bonds. The first-order chi connectivity index (χ1) is 9.72. The number of likely N-dealkylation sites (N-methyl/N-ethyl adjacent to an activating group) is 1. The Balaban J connectivity index is 1.90. The van der Waals surface area contributed by atoms with Crippen molar-refractivity contribution in [3.8, 4) is 5.75 Å². The van der Waals surface area contributed by atoms with Gasteiger partial charge in [-0.15, -0.1) is 0 Å². The molecule has 0 heterocycles. The minimum absolute atomic E-state index is 0.0580. The van der Waals surface area contributed by atoms with E-state index >= 15 is 0 Å². The Bertz CT molecular complexity index is 442. The number of benzene rings is 1. The molecule has 0 aliphatic heterocycles. The molecule has 4 nitrogen and oxygen atoms in total. The summed E-state index contributed by atoms with van der Waals surface area (Å²) < 4.78 is 5.56. The van der Waals surface area contributed by atoms with Gasteiger partial charge in [0.05, 0.1) is 5.69 Å². The van der Waals surface area contributed by atoms with Crippen LogP contribution in [-0.4, -0.2) is 30.0 Å². The first kappa shape index (κ1) is 14.7. The van der Waals surface area contributed by atoms with Gasteiger partial charge in [-0.2, -0.15) is 0 Å². The fraction of sp³-hybridized carbons (Fsp3) is 0.562. The number of para-hydroxylation sites is 2. The Kier molecular flexibility index (Phi) is 5.27. The number of nitrogens with two attached hydrogens (primary N) is 1. The van der Waals surface area contributed by atoms with Gasteiger partial charge < -0.3 is 15.4 Å². The second-order valence-electron chi connectivity index (χ2n) is 5.30. The topological polar surface area (TPSA) is 55.6 Å². The number of carbonyl (C=O) groups is 1. The van der Waals surface area contributed by atoms with Crippen LogP contribution >= 0.6 is 0 Å². The SMILES string of the molecule is CCN(C(=O)COc1ccccc1N)C1CCCCC1. The summed E-state index contributed by atoms with van der Waals surface area (Å²) in [5.74, 6) is 0.642. The van der Waals surface area contributed by atoms with E-state index in [9.17, 15) is 4.79 Å². The summed E-state index contributed by atoms with van der Waals surface area (Å²) in [5, 5.41) is 0. The Hall–Kier alpha value is -1.71. The molecule has 0 unspecified atom stereocenters. The molecule has 0 aromatic heterocycles. The molecule has 2 N–H and O–H groups in total. The maximum absolute atomic E-state index is 12.3. The van der Waals surface area contributed by atoms with Crippen molar-refractivity contribution in [2.45, 2.75) is 45.1 Å². The molecule has 0 radical (unpaired) electrons. The summed E-state index contributed by atoms with van der Waals surface area (Å²) >= 11 is 0. The van der Waals surface area contributed by atoms with Crippen LogP contribution in [0.5, 0.6) is 5.75 Å². The summed E-state index contributed by atoms with van der Waals surface area (Å²) in [7, 11) is 0. The maximum Gasteiger partial charge on any atom is 0.260 e. The van der Waals surface area contributed by atoms with Crippen LogP contribution in [0, 0.1) is 0 Å². The van der Waals surface area contributed by atoms with Gasteiger partial charge in [0, 0.05) is 12.6 Å². The van der Waals surface area contributed by atoms with Gasteiger partial charge in [0.25, 0.3) is 5.91 Å². The molecule has 1 aromatic carbocycles. The van der Waals surface area contributed by atoms with Crippen LogP contribution < -0.4 is 10.5 Å². The van der Waals surface area contributed by atoms with Crippen molar-refractivity contribution >= 4 is 11.6 Å². The highest BCUT2D eigenvalue weighted by Gasteiger charge is 2.24. The van der Waals surface area contributed by atoms with Crippen LogP contribution in [0.25, 0.3) is 0 Å². The molecule has 4 heteroatoms. The van der Waals surface area contributed by atoms with Crippen molar-refractivity contribution in [3.05, 3.63) is 24.3 Å². The lowest BCUT2D eigenvalue weighted by molar-refractivity contribution is -0.136. The number of rotatable bonds is 5. The van der Waals surface area contributed by atoms with Gasteiger partial charge in [-0.25, -0.2) is 0 Å². The van der Waals surface area contributed by atoms with Gasteiger partial charge in [0.1, 0.15) is 5.75 Å². The molecule has 0 saturated heterocycles. The third-order valence-corrected chi connectivity index (χ3v) is 3.95. The lowest BCUT2D eigenvalue weighted by Crippen LogP contribution is -2.43. The fourth-order valence-electron chi connectivity index (χ4n) is 2.87. The van der Waals surface area contributed by atoms with Crippen LogP contribution in [0.3, 0.4) is 0 Å². The van der Waals surface area contributed by atoms with Crippen molar-refractivity contribution < 1.29 is 9.53 Å². The van der Waals surface area contributed by atoms with Crippen LogP contribution in [0.15, 0.2) is 24.3 Å². The van der Waals surface area contributed by atoms with Crippen molar-refractivity contribution in [2.75, 3.05) is 18.9 Å². The second kappa shape index (κ2) is 7.17. The monoisotopic (exact) mass is 276 g/mol. The normalized spacial score (nSPS) is 15.8. The zero-order valence-corrected chi connectivity index (χ0v) is 12.2. The smallest absolute Gasteiger partial charge is 0.260 e. The quantitative estimate of drug-likeness (QED) is 0.841. The highest BCUT2D eigenvalue weighted by atomic mass is 16.5. The molecule has 20 heavy (non-hydrogen) atoms. The molecule has 0 atom stereocenters. The number of anilines is 1. The van der Waals surface area contributed by atoms with E-state index in [1.165, 1.54) is 19.3 Å². The van der Waals surface area contributed by atoms with Crippen molar-refractivity contribution in [1.29, 1.82) is 0 Å². The molecule has 1 fully saturated rings. The van der Waals surface area contributed by atoms with E-state index in [1.807, 2.05) is 24.0 Å². The molecule has 110 valence electrons. The molecule has 1 aliphatic rings. The second-order valence-corrected chi connectivity index (χ2v) is 5.30. The van der Waals surface area contributed by atoms with Gasteiger partial charge in [-0.3, -0.25) is 4.79 Å². The predicted molar refractivity (Wildman–Crippen MR) is 80.6 cm³/mol. The van der Waals surface area contributed by atoms with Crippen molar-refractivity contribution in [3.63, 3.8) is 0 Å². The summed E-state index contributed by atoms with van der Waals surface area (Å²) in [4.78, 5) is 14.3. The van der Waals surface area contributed by atoms with Gasteiger partial charge in [0.2, 0.25) is 0 Å². The molecular formula is C16H24N2O2. The third kappa shape index (κ3) is 3.65. The first-order valence-corrected chi connectivity index (χ1v) is 7.49. The number of nitrogen functional groups attached to an aromatic ring is 1. The number of amides is 1. The molecule has 1 saturated carbocycles. The molecule has 1 aromatic rings. The standard InChI is InChI=1S/C16H24N2O2/c1-2-18(13-8-4-3-5-9-13)16(19)12-20-15-11-7-6-10-14(15)17/h6-7,10-11,13H,2-5,8-9,12,17H2,1H3. The maximum atomic E-state index is 12.3. The Labute approximate surface area is 120 Å². The van der Waals surface area contributed by atoms with E-state index < -0.39 is 0 Å². The summed E-state index contributed by atoms with van der Waals surface area (Å²) in [5.41, 5.74) is 6.38. The number of hydrogen-bond donors (Lipinski definition) is 1. The predicted octanol–water partition coefficient (Wildman–Crippen LogP) is 2.83. The van der Waals surface area contributed by atoms with E-state index in [1.54, 1.807) is 12.1 Å². The highest BCUT2D eigenvalue weighted by Crippen LogP contribution is 2.23. The third-order valence-electron chi connectivity index (χ3n) is 3.95. The Morgan fingerprint density at radius 2 is 2.00 bits per heavy atom. The molecule has 2 rings (SSSR count). The zero-order valence-electron chi connectivity index (χ0n) is 12.2. The number of nitrogens with zero attached hydrogens (tertiary/aromatic N) is 1. The molecule has 0 spiro atoms. The van der Waals surface area contributed by atoms with Crippen LogP contribution in [-0.2, 0) is 4.79 Å². The van der Waals surface area contributed by atoms with E-state index in [0.717, 1.165) is 19.4 Å². The van der Waals surface area contributed by atoms with E-state index in [-0.39, 0.29) is 12.5 Å². The van der Waals surface area contributed by atoms with Gasteiger partial charge >= 0.3 is 0 Å². The average molecular weight is 276 g/mol. The fourth-order valence-corrected chi connectivity index (χ4v) is 2.87.